The zero-order valence-corrected chi connectivity index (χ0v) is 13.5. The Kier molecular flexibility index (Phi) is 6.31. The first kappa shape index (κ1) is 16.0. The maximum Gasteiger partial charge on any atom is 0.260 e. The van der Waals surface area contributed by atoms with Gasteiger partial charge >= 0.3 is 0 Å². The Morgan fingerprint density at radius 1 is 1.53 bits per heavy atom. The number of benzene rings is 1. The van der Waals surface area contributed by atoms with Crippen LogP contribution in [0.25, 0.3) is 0 Å². The van der Waals surface area contributed by atoms with Crippen molar-refractivity contribution in [2.75, 3.05) is 27.2 Å². The summed E-state index contributed by atoms with van der Waals surface area (Å²) in [6, 6.07) is 6.02. The largest absolute Gasteiger partial charge is 0.483 e. The molecule has 19 heavy (non-hydrogen) atoms. The molecule has 1 amide bonds. The minimum atomic E-state index is -0.0227. The lowest BCUT2D eigenvalue weighted by Crippen LogP contribution is -2.31. The highest BCUT2D eigenvalue weighted by atomic mass is 79.9. The molecule has 0 aromatic heterocycles. The van der Waals surface area contributed by atoms with Crippen molar-refractivity contribution in [3.05, 3.63) is 28.2 Å². The van der Waals surface area contributed by atoms with E-state index in [1.807, 2.05) is 32.2 Å². The van der Waals surface area contributed by atoms with Crippen molar-refractivity contribution in [1.29, 1.82) is 0 Å². The Bertz CT molecular complexity index is 437. The molecule has 1 atom stereocenters. The molecule has 1 unspecified atom stereocenters. The number of nitrogens with one attached hydrogen (secondary N) is 1. The molecule has 0 saturated carbocycles. The van der Waals surface area contributed by atoms with Crippen LogP contribution < -0.4 is 10.1 Å². The highest BCUT2D eigenvalue weighted by Gasteiger charge is 2.13. The molecule has 4 nitrogen and oxygen atoms in total. The maximum atomic E-state index is 11.8. The van der Waals surface area contributed by atoms with Crippen LogP contribution in [-0.4, -0.2) is 38.1 Å². The van der Waals surface area contributed by atoms with Crippen molar-refractivity contribution >= 4 is 21.8 Å². The van der Waals surface area contributed by atoms with E-state index in [1.54, 1.807) is 11.9 Å². The predicted molar refractivity (Wildman–Crippen MR) is 80.4 cm³/mol. The smallest absolute Gasteiger partial charge is 0.260 e. The first-order valence-electron chi connectivity index (χ1n) is 6.33. The van der Waals surface area contributed by atoms with E-state index in [0.717, 1.165) is 15.8 Å². The number of likely N-dealkylation sites (N-methyl/N-ethyl adjacent to an activating group) is 1. The fourth-order valence-electron chi connectivity index (χ4n) is 1.57. The number of amides is 1. The molecule has 1 N–H and O–H groups in total. The number of hydrogen-bond donors (Lipinski definition) is 1. The summed E-state index contributed by atoms with van der Waals surface area (Å²) in [6.45, 7) is 4.73. The van der Waals surface area contributed by atoms with Crippen LogP contribution >= 0.6 is 15.9 Å². The average Bonchev–Trinajstić information content (AvgIpc) is 2.43. The topological polar surface area (TPSA) is 41.6 Å². The maximum absolute atomic E-state index is 11.8. The summed E-state index contributed by atoms with van der Waals surface area (Å²) in [4.78, 5) is 13.4. The summed E-state index contributed by atoms with van der Waals surface area (Å²) in [5.41, 5.74) is 1.04. The van der Waals surface area contributed by atoms with E-state index in [0.29, 0.717) is 6.54 Å². The van der Waals surface area contributed by atoms with Gasteiger partial charge in [0.15, 0.2) is 6.61 Å². The molecule has 1 rings (SSSR count). The number of halogens is 1. The lowest BCUT2D eigenvalue weighted by atomic mass is 10.1. The molecule has 0 aliphatic heterocycles. The van der Waals surface area contributed by atoms with Crippen LogP contribution in [-0.2, 0) is 4.79 Å². The van der Waals surface area contributed by atoms with E-state index in [-0.39, 0.29) is 18.6 Å². The Morgan fingerprint density at radius 3 is 2.79 bits per heavy atom. The number of hydrogen-bond acceptors (Lipinski definition) is 3. The van der Waals surface area contributed by atoms with Crippen LogP contribution in [0.3, 0.4) is 0 Å². The molecule has 1 aromatic rings. The molecule has 0 radical (unpaired) electrons. The highest BCUT2D eigenvalue weighted by molar-refractivity contribution is 9.10. The zero-order valence-electron chi connectivity index (χ0n) is 11.9. The van der Waals surface area contributed by atoms with Gasteiger partial charge in [0.25, 0.3) is 5.91 Å². The second-order valence-corrected chi connectivity index (χ2v) is 5.30. The van der Waals surface area contributed by atoms with Gasteiger partial charge in [0, 0.05) is 29.7 Å². The van der Waals surface area contributed by atoms with Gasteiger partial charge in [0.2, 0.25) is 0 Å². The molecular formula is C14H21BrN2O2. The van der Waals surface area contributed by atoms with Crippen molar-refractivity contribution in [2.24, 2.45) is 0 Å². The Hall–Kier alpha value is -1.07. The van der Waals surface area contributed by atoms with E-state index in [4.69, 9.17) is 4.74 Å². The lowest BCUT2D eigenvalue weighted by Gasteiger charge is -2.19. The molecule has 0 heterocycles. The lowest BCUT2D eigenvalue weighted by molar-refractivity contribution is -0.131. The molecule has 0 aliphatic rings. The number of nitrogens with zero attached hydrogens (tertiary/aromatic N) is 1. The Labute approximate surface area is 123 Å². The Balaban J connectivity index is 2.81. The first-order valence-corrected chi connectivity index (χ1v) is 7.12. The summed E-state index contributed by atoms with van der Waals surface area (Å²) in [5, 5.41) is 3.17. The molecule has 0 saturated heterocycles. The standard InChI is InChI=1S/C14H21BrN2O2/c1-5-17(4)14(18)9-19-13-8-11(15)6-7-12(13)10(2)16-3/h6-8,10,16H,5,9H2,1-4H3. The van der Waals surface area contributed by atoms with Crippen LogP contribution in [0, 0.1) is 0 Å². The van der Waals surface area contributed by atoms with Crippen LogP contribution in [0.5, 0.6) is 5.75 Å². The van der Waals surface area contributed by atoms with Gasteiger partial charge in [0.05, 0.1) is 0 Å². The molecule has 1 aromatic carbocycles. The molecule has 0 bridgehead atoms. The fourth-order valence-corrected chi connectivity index (χ4v) is 1.91. The van der Waals surface area contributed by atoms with Gasteiger partial charge in [-0.2, -0.15) is 0 Å². The van der Waals surface area contributed by atoms with Crippen molar-refractivity contribution in [1.82, 2.24) is 10.2 Å². The minimum absolute atomic E-state index is 0.0227. The normalized spacial score (nSPS) is 12.1. The molecule has 0 aliphatic carbocycles. The van der Waals surface area contributed by atoms with Gasteiger partial charge in [-0.25, -0.2) is 0 Å². The van der Waals surface area contributed by atoms with Crippen LogP contribution in [0.15, 0.2) is 22.7 Å². The zero-order chi connectivity index (χ0) is 14.4. The van der Waals surface area contributed by atoms with Crippen molar-refractivity contribution in [2.45, 2.75) is 19.9 Å². The second-order valence-electron chi connectivity index (χ2n) is 4.39. The molecule has 0 spiro atoms. The molecule has 0 fully saturated rings. The number of ether oxygens (including phenoxy) is 1. The third kappa shape index (κ3) is 4.51. The Morgan fingerprint density at radius 2 is 2.21 bits per heavy atom. The van der Waals surface area contributed by atoms with Gasteiger partial charge in [-0.05, 0) is 33.0 Å². The second kappa shape index (κ2) is 7.50. The summed E-state index contributed by atoms with van der Waals surface area (Å²) in [6.07, 6.45) is 0. The summed E-state index contributed by atoms with van der Waals surface area (Å²) < 4.78 is 6.60. The SMILES string of the molecule is CCN(C)C(=O)COc1cc(Br)ccc1C(C)NC. The van der Waals surface area contributed by atoms with Gasteiger partial charge in [-0.3, -0.25) is 4.79 Å². The van der Waals surface area contributed by atoms with Crippen LogP contribution in [0.2, 0.25) is 0 Å². The van der Waals surface area contributed by atoms with Crippen molar-refractivity contribution < 1.29 is 9.53 Å². The minimum Gasteiger partial charge on any atom is -0.483 e. The van der Waals surface area contributed by atoms with Crippen molar-refractivity contribution in [3.8, 4) is 5.75 Å². The summed E-state index contributed by atoms with van der Waals surface area (Å²) in [7, 11) is 3.66. The molecular weight excluding hydrogens is 308 g/mol. The average molecular weight is 329 g/mol. The summed E-state index contributed by atoms with van der Waals surface area (Å²) >= 11 is 3.42. The first-order chi connectivity index (χ1) is 8.99. The molecule has 5 heteroatoms. The molecule has 106 valence electrons. The van der Waals surface area contributed by atoms with Gasteiger partial charge in [-0.1, -0.05) is 22.0 Å². The predicted octanol–water partition coefficient (Wildman–Crippen LogP) is 2.59. The summed E-state index contributed by atoms with van der Waals surface area (Å²) in [5.74, 6) is 0.708. The van der Waals surface area contributed by atoms with Gasteiger partial charge in [0.1, 0.15) is 5.75 Å². The fraction of sp³-hybridized carbons (Fsp3) is 0.500. The van der Waals surface area contributed by atoms with Crippen molar-refractivity contribution in [3.63, 3.8) is 0 Å². The van der Waals surface area contributed by atoms with Gasteiger partial charge in [-0.15, -0.1) is 0 Å². The van der Waals surface area contributed by atoms with Crippen LogP contribution in [0.1, 0.15) is 25.5 Å². The van der Waals surface area contributed by atoms with E-state index in [1.165, 1.54) is 0 Å². The van der Waals surface area contributed by atoms with E-state index < -0.39 is 0 Å². The third-order valence-corrected chi connectivity index (χ3v) is 3.62. The van der Waals surface area contributed by atoms with E-state index >= 15 is 0 Å². The number of carbonyl (C=O) groups excluding carboxylic acids is 1. The third-order valence-electron chi connectivity index (χ3n) is 3.13. The number of rotatable bonds is 6. The van der Waals surface area contributed by atoms with Crippen LogP contribution in [0.4, 0.5) is 0 Å². The highest BCUT2D eigenvalue weighted by Crippen LogP contribution is 2.28. The quantitative estimate of drug-likeness (QED) is 0.872. The monoisotopic (exact) mass is 328 g/mol. The number of carbonyl (C=O) groups is 1. The van der Waals surface area contributed by atoms with Gasteiger partial charge < -0.3 is 15.0 Å². The van der Waals surface area contributed by atoms with E-state index in [9.17, 15) is 4.79 Å². The van der Waals surface area contributed by atoms with E-state index in [2.05, 4.69) is 28.2 Å².